The normalized spacial score (nSPS) is 15.2. The van der Waals surface area contributed by atoms with Gasteiger partial charge in [-0.15, -0.1) is 0 Å². The summed E-state index contributed by atoms with van der Waals surface area (Å²) in [6, 6.07) is 0. The Labute approximate surface area is 167 Å². The molecule has 0 aliphatic carbocycles. The predicted octanol–water partition coefficient (Wildman–Crippen LogP) is 1.85. The minimum absolute atomic E-state index is 0.100. The highest BCUT2D eigenvalue weighted by molar-refractivity contribution is 5.80. The third-order valence-electron chi connectivity index (χ3n) is 4.58. The highest BCUT2D eigenvalue weighted by atomic mass is 16.5. The number of unbranched alkanes of at least 4 members (excludes halogenated alkanes) is 1. The quantitative estimate of drug-likeness (QED) is 0.241. The number of aliphatic hydroxyl groups is 2. The Morgan fingerprint density at radius 3 is 1.96 bits per heavy atom. The average molecular weight is 405 g/mol. The molecule has 0 bridgehead atoms. The van der Waals surface area contributed by atoms with E-state index >= 15 is 0 Å². The van der Waals surface area contributed by atoms with E-state index in [-0.39, 0.29) is 45.9 Å². The van der Waals surface area contributed by atoms with Gasteiger partial charge in [0, 0.05) is 0 Å². The van der Waals surface area contributed by atoms with Gasteiger partial charge in [0.2, 0.25) is 0 Å². The molecule has 0 spiro atoms. The van der Waals surface area contributed by atoms with Crippen LogP contribution in [0.1, 0.15) is 59.8 Å². The molecule has 0 radical (unpaired) electrons. The van der Waals surface area contributed by atoms with Crippen molar-refractivity contribution in [2.45, 2.75) is 59.8 Å². The predicted molar refractivity (Wildman–Crippen MR) is 102 cm³/mol. The van der Waals surface area contributed by atoms with Gasteiger partial charge in [0.25, 0.3) is 0 Å². The fourth-order valence-electron chi connectivity index (χ4n) is 2.98. The maximum absolute atomic E-state index is 12.8. The molecule has 0 amide bonds. The zero-order valence-electron chi connectivity index (χ0n) is 17.6. The lowest BCUT2D eigenvalue weighted by molar-refractivity contribution is -0.162. The highest BCUT2D eigenvalue weighted by Gasteiger charge is 2.41. The summed E-state index contributed by atoms with van der Waals surface area (Å²) in [4.78, 5) is 37.1. The number of aliphatic hydroxyl groups excluding tert-OH is 2. The van der Waals surface area contributed by atoms with Crippen LogP contribution in [0.25, 0.3) is 0 Å². The lowest BCUT2D eigenvalue weighted by Crippen LogP contribution is -2.38. The molecule has 0 aliphatic rings. The number of ether oxygens (including phenoxy) is 3. The van der Waals surface area contributed by atoms with E-state index in [0.717, 1.165) is 12.8 Å². The van der Waals surface area contributed by atoms with Crippen LogP contribution in [-0.4, -0.2) is 61.2 Å². The first kappa shape index (κ1) is 26.3. The molecule has 0 heterocycles. The molecule has 0 aromatic heterocycles. The summed E-state index contributed by atoms with van der Waals surface area (Å²) in [5.41, 5.74) is -1.08. The zero-order chi connectivity index (χ0) is 21.6. The Balaban J connectivity index is 5.31. The van der Waals surface area contributed by atoms with Crippen LogP contribution >= 0.6 is 0 Å². The van der Waals surface area contributed by atoms with E-state index in [0.29, 0.717) is 6.42 Å². The first-order chi connectivity index (χ1) is 13.2. The number of rotatable bonds is 15. The second-order valence-corrected chi connectivity index (χ2v) is 7.25. The largest absolute Gasteiger partial charge is 0.465 e. The van der Waals surface area contributed by atoms with Crippen LogP contribution in [0.3, 0.4) is 0 Å². The second kappa shape index (κ2) is 14.3. The Hall–Kier alpha value is -1.67. The Kier molecular flexibility index (Phi) is 13.5. The number of carbonyl (C=O) groups excluding carboxylic acids is 3. The van der Waals surface area contributed by atoms with Crippen molar-refractivity contribution >= 4 is 17.9 Å². The van der Waals surface area contributed by atoms with E-state index in [9.17, 15) is 14.4 Å². The summed E-state index contributed by atoms with van der Waals surface area (Å²) in [6.45, 7) is 6.64. The minimum Gasteiger partial charge on any atom is -0.465 e. The molecule has 2 N–H and O–H groups in total. The van der Waals surface area contributed by atoms with Crippen molar-refractivity contribution in [1.82, 2.24) is 0 Å². The fourth-order valence-corrected chi connectivity index (χ4v) is 2.98. The maximum atomic E-state index is 12.8. The summed E-state index contributed by atoms with van der Waals surface area (Å²) in [6.07, 6.45) is 2.36. The molecule has 0 aromatic rings. The van der Waals surface area contributed by atoms with Gasteiger partial charge in [-0.3, -0.25) is 14.4 Å². The summed E-state index contributed by atoms with van der Waals surface area (Å²) in [5, 5.41) is 17.6. The molecule has 3 unspecified atom stereocenters. The number of hydrogen-bond acceptors (Lipinski definition) is 8. The maximum Gasteiger partial charge on any atom is 0.311 e. The van der Waals surface area contributed by atoms with Gasteiger partial charge in [-0.25, -0.2) is 0 Å². The van der Waals surface area contributed by atoms with Crippen LogP contribution < -0.4 is 0 Å². The molecule has 8 heteroatoms. The van der Waals surface area contributed by atoms with Gasteiger partial charge in [0.05, 0.1) is 37.1 Å². The summed E-state index contributed by atoms with van der Waals surface area (Å²) >= 11 is 0. The molecular formula is C20H36O8. The monoisotopic (exact) mass is 404 g/mol. The first-order valence-corrected chi connectivity index (χ1v) is 9.97. The highest BCUT2D eigenvalue weighted by Crippen LogP contribution is 2.37. The molecule has 8 nitrogen and oxygen atoms in total. The molecule has 28 heavy (non-hydrogen) atoms. The van der Waals surface area contributed by atoms with Crippen LogP contribution in [0.2, 0.25) is 0 Å². The van der Waals surface area contributed by atoms with Crippen molar-refractivity contribution < 1.29 is 38.8 Å². The molecule has 164 valence electrons. The lowest BCUT2D eigenvalue weighted by atomic mass is 9.74. The van der Waals surface area contributed by atoms with E-state index in [2.05, 4.69) is 0 Å². The van der Waals surface area contributed by atoms with E-state index in [1.165, 1.54) is 0 Å². The first-order valence-electron chi connectivity index (χ1n) is 9.97. The Bertz CT molecular complexity index is 479. The van der Waals surface area contributed by atoms with Gasteiger partial charge in [-0.2, -0.15) is 0 Å². The number of esters is 3. The van der Waals surface area contributed by atoms with E-state index < -0.39 is 35.2 Å². The van der Waals surface area contributed by atoms with Crippen LogP contribution in [0.4, 0.5) is 0 Å². The van der Waals surface area contributed by atoms with Gasteiger partial charge in [0.1, 0.15) is 13.2 Å². The Morgan fingerprint density at radius 1 is 0.893 bits per heavy atom. The third-order valence-corrected chi connectivity index (χ3v) is 4.58. The van der Waals surface area contributed by atoms with Crippen LogP contribution in [-0.2, 0) is 28.6 Å². The van der Waals surface area contributed by atoms with Crippen LogP contribution in [0.15, 0.2) is 0 Å². The van der Waals surface area contributed by atoms with Gasteiger partial charge < -0.3 is 24.4 Å². The van der Waals surface area contributed by atoms with E-state index in [1.807, 2.05) is 13.8 Å². The van der Waals surface area contributed by atoms with Crippen molar-refractivity contribution in [3.8, 4) is 0 Å². The fraction of sp³-hybridized carbons (Fsp3) is 0.850. The minimum atomic E-state index is -1.08. The number of hydrogen-bond donors (Lipinski definition) is 2. The molecule has 0 saturated carbocycles. The SMILES string of the molecule is CCCCOC(=O)C(C)(CC(C)C(=O)OCCO)CC(CC)C(=O)OCCO. The van der Waals surface area contributed by atoms with Crippen LogP contribution in [0.5, 0.6) is 0 Å². The summed E-state index contributed by atoms with van der Waals surface area (Å²) in [5.74, 6) is -2.63. The summed E-state index contributed by atoms with van der Waals surface area (Å²) < 4.78 is 15.4. The Morgan fingerprint density at radius 2 is 1.46 bits per heavy atom. The van der Waals surface area contributed by atoms with Gasteiger partial charge in [-0.1, -0.05) is 27.2 Å². The number of carbonyl (C=O) groups is 3. The van der Waals surface area contributed by atoms with E-state index in [1.54, 1.807) is 13.8 Å². The van der Waals surface area contributed by atoms with Crippen molar-refractivity contribution in [1.29, 1.82) is 0 Å². The van der Waals surface area contributed by atoms with Gasteiger partial charge in [0.15, 0.2) is 0 Å². The smallest absolute Gasteiger partial charge is 0.311 e. The summed E-state index contributed by atoms with van der Waals surface area (Å²) in [7, 11) is 0. The van der Waals surface area contributed by atoms with Crippen LogP contribution in [0, 0.1) is 17.3 Å². The second-order valence-electron chi connectivity index (χ2n) is 7.25. The molecule has 0 aliphatic heterocycles. The topological polar surface area (TPSA) is 119 Å². The third kappa shape index (κ3) is 9.50. The lowest BCUT2D eigenvalue weighted by Gasteiger charge is -2.32. The molecule has 0 fully saturated rings. The van der Waals surface area contributed by atoms with Crippen molar-refractivity contribution in [3.05, 3.63) is 0 Å². The van der Waals surface area contributed by atoms with Crippen molar-refractivity contribution in [2.75, 3.05) is 33.0 Å². The molecule has 3 atom stereocenters. The molecule has 0 saturated heterocycles. The van der Waals surface area contributed by atoms with E-state index in [4.69, 9.17) is 24.4 Å². The van der Waals surface area contributed by atoms with Gasteiger partial charge >= 0.3 is 17.9 Å². The van der Waals surface area contributed by atoms with Crippen molar-refractivity contribution in [2.24, 2.45) is 17.3 Å². The molecule has 0 aromatic carbocycles. The standard InChI is InChI=1S/C20H36O8/c1-5-7-10-28-19(25)20(4,13-15(3)17(23)26-11-8-21)14-16(6-2)18(24)27-12-9-22/h15-16,21-22H,5-14H2,1-4H3. The average Bonchev–Trinajstić information content (AvgIpc) is 2.68. The molecular weight excluding hydrogens is 368 g/mol. The van der Waals surface area contributed by atoms with Crippen molar-refractivity contribution in [3.63, 3.8) is 0 Å². The van der Waals surface area contributed by atoms with Gasteiger partial charge in [-0.05, 0) is 32.6 Å². The zero-order valence-corrected chi connectivity index (χ0v) is 17.6. The molecule has 0 rings (SSSR count).